The van der Waals surface area contributed by atoms with Gasteiger partial charge >= 0.3 is 0 Å². The van der Waals surface area contributed by atoms with Gasteiger partial charge in [-0.2, -0.15) is 5.10 Å². The predicted octanol–water partition coefficient (Wildman–Crippen LogP) is -0.959. The first-order valence-corrected chi connectivity index (χ1v) is 4.16. The Morgan fingerprint density at radius 3 is 3.15 bits per heavy atom. The van der Waals surface area contributed by atoms with Crippen molar-refractivity contribution in [2.45, 2.75) is 6.54 Å². The van der Waals surface area contributed by atoms with Crippen LogP contribution < -0.4 is 16.4 Å². The first kappa shape index (κ1) is 7.90. The van der Waals surface area contributed by atoms with Crippen molar-refractivity contribution in [2.75, 3.05) is 18.8 Å². The third-order valence-electron chi connectivity index (χ3n) is 1.87. The van der Waals surface area contributed by atoms with E-state index in [2.05, 4.69) is 25.8 Å². The van der Waals surface area contributed by atoms with Crippen molar-refractivity contribution < 1.29 is 0 Å². The zero-order chi connectivity index (χ0) is 9.10. The predicted molar refractivity (Wildman–Crippen MR) is 50.1 cm³/mol. The van der Waals surface area contributed by atoms with E-state index in [1.165, 1.54) is 0 Å². The molecule has 70 valence electrons. The third kappa shape index (κ3) is 1.71. The Hall–Kier alpha value is -1.72. The molecule has 0 saturated carbocycles. The molecule has 0 atom stereocenters. The fourth-order valence-electron chi connectivity index (χ4n) is 1.16. The summed E-state index contributed by atoms with van der Waals surface area (Å²) in [5, 5.41) is 12.7. The zero-order valence-electron chi connectivity index (χ0n) is 7.17. The number of aliphatic imine (C=N–C) groups is 1. The average molecular weight is 180 g/mol. The van der Waals surface area contributed by atoms with Gasteiger partial charge in [-0.05, 0) is 0 Å². The van der Waals surface area contributed by atoms with Crippen LogP contribution in [0.25, 0.3) is 0 Å². The quantitative estimate of drug-likeness (QED) is 0.472. The highest BCUT2D eigenvalue weighted by Gasteiger charge is 2.05. The lowest BCUT2D eigenvalue weighted by Crippen LogP contribution is -2.33. The SMILES string of the molecule is Nc1[nH]ncc1CNC1=NCCN1. The fourth-order valence-corrected chi connectivity index (χ4v) is 1.16. The van der Waals surface area contributed by atoms with Gasteiger partial charge in [0.2, 0.25) is 0 Å². The van der Waals surface area contributed by atoms with Crippen LogP contribution >= 0.6 is 0 Å². The summed E-state index contributed by atoms with van der Waals surface area (Å²) in [6.07, 6.45) is 1.71. The Morgan fingerprint density at radius 1 is 1.62 bits per heavy atom. The van der Waals surface area contributed by atoms with E-state index >= 15 is 0 Å². The number of nitrogens with zero attached hydrogens (tertiary/aromatic N) is 2. The highest BCUT2D eigenvalue weighted by atomic mass is 15.2. The minimum Gasteiger partial charge on any atom is -0.384 e. The second-order valence-electron chi connectivity index (χ2n) is 2.82. The summed E-state index contributed by atoms with van der Waals surface area (Å²) < 4.78 is 0. The lowest BCUT2D eigenvalue weighted by atomic mass is 10.3. The number of nitrogens with one attached hydrogen (secondary N) is 3. The van der Waals surface area contributed by atoms with Crippen molar-refractivity contribution in [3.8, 4) is 0 Å². The molecule has 0 radical (unpaired) electrons. The van der Waals surface area contributed by atoms with Crippen molar-refractivity contribution in [3.05, 3.63) is 11.8 Å². The van der Waals surface area contributed by atoms with Crippen molar-refractivity contribution in [1.82, 2.24) is 20.8 Å². The van der Waals surface area contributed by atoms with Crippen molar-refractivity contribution in [1.29, 1.82) is 0 Å². The Kier molecular flexibility index (Phi) is 2.03. The minimum absolute atomic E-state index is 0.603. The third-order valence-corrected chi connectivity index (χ3v) is 1.87. The van der Waals surface area contributed by atoms with Gasteiger partial charge in [-0.3, -0.25) is 10.1 Å². The van der Waals surface area contributed by atoms with Gasteiger partial charge in [-0.25, -0.2) is 0 Å². The summed E-state index contributed by atoms with van der Waals surface area (Å²) >= 11 is 0. The molecule has 0 unspecified atom stereocenters. The van der Waals surface area contributed by atoms with Gasteiger partial charge < -0.3 is 16.4 Å². The first-order chi connectivity index (χ1) is 6.36. The Bertz CT molecular complexity index is 315. The summed E-state index contributed by atoms with van der Waals surface area (Å²) in [4.78, 5) is 4.19. The minimum atomic E-state index is 0.603. The van der Waals surface area contributed by atoms with E-state index in [-0.39, 0.29) is 0 Å². The van der Waals surface area contributed by atoms with Crippen LogP contribution in [0.15, 0.2) is 11.2 Å². The van der Waals surface area contributed by atoms with Gasteiger partial charge in [0.25, 0.3) is 0 Å². The van der Waals surface area contributed by atoms with Crippen LogP contribution in [0.1, 0.15) is 5.56 Å². The van der Waals surface area contributed by atoms with Gasteiger partial charge in [-0.1, -0.05) is 0 Å². The van der Waals surface area contributed by atoms with Crippen LogP contribution in [-0.2, 0) is 6.54 Å². The number of aromatic amines is 1. The number of H-pyrrole nitrogens is 1. The topological polar surface area (TPSA) is 91.1 Å². The summed E-state index contributed by atoms with van der Waals surface area (Å²) in [5.74, 6) is 1.44. The molecular formula is C7H12N6. The van der Waals surface area contributed by atoms with Gasteiger partial charge in [0.05, 0.1) is 12.7 Å². The molecule has 6 heteroatoms. The van der Waals surface area contributed by atoms with E-state index in [9.17, 15) is 0 Å². The summed E-state index contributed by atoms with van der Waals surface area (Å²) in [6.45, 7) is 2.39. The Morgan fingerprint density at radius 2 is 2.54 bits per heavy atom. The Labute approximate surface area is 75.6 Å². The van der Waals surface area contributed by atoms with Crippen LogP contribution in [0, 0.1) is 0 Å². The molecule has 0 bridgehead atoms. The maximum atomic E-state index is 5.61. The van der Waals surface area contributed by atoms with Crippen molar-refractivity contribution in [3.63, 3.8) is 0 Å². The molecule has 0 aliphatic carbocycles. The molecule has 1 aliphatic heterocycles. The Balaban J connectivity index is 1.89. The number of hydrogen-bond acceptors (Lipinski definition) is 5. The van der Waals surface area contributed by atoms with Crippen molar-refractivity contribution in [2.24, 2.45) is 4.99 Å². The molecule has 0 fully saturated rings. The second-order valence-corrected chi connectivity index (χ2v) is 2.82. The van der Waals surface area contributed by atoms with Gasteiger partial charge in [0, 0.05) is 18.7 Å². The van der Waals surface area contributed by atoms with Crippen LogP contribution in [0.2, 0.25) is 0 Å². The lowest BCUT2D eigenvalue weighted by molar-refractivity contribution is 0.869. The van der Waals surface area contributed by atoms with Crippen LogP contribution in [0.3, 0.4) is 0 Å². The second kappa shape index (κ2) is 3.34. The molecule has 2 heterocycles. The molecular weight excluding hydrogens is 168 g/mol. The number of hydrogen-bond donors (Lipinski definition) is 4. The van der Waals surface area contributed by atoms with Crippen LogP contribution in [0.4, 0.5) is 5.82 Å². The number of anilines is 1. The average Bonchev–Trinajstić information content (AvgIpc) is 2.72. The normalized spacial score (nSPS) is 15.2. The number of rotatable bonds is 2. The van der Waals surface area contributed by atoms with E-state index in [1.807, 2.05) is 0 Å². The molecule has 0 aromatic carbocycles. The summed E-state index contributed by atoms with van der Waals surface area (Å²) in [6, 6.07) is 0. The molecule has 0 spiro atoms. The van der Waals surface area contributed by atoms with E-state index in [0.717, 1.165) is 24.6 Å². The molecule has 1 aromatic heterocycles. The molecule has 0 amide bonds. The van der Waals surface area contributed by atoms with Gasteiger partial charge in [0.1, 0.15) is 5.82 Å². The van der Waals surface area contributed by atoms with Crippen molar-refractivity contribution >= 4 is 11.8 Å². The number of aromatic nitrogens is 2. The van der Waals surface area contributed by atoms with E-state index in [0.29, 0.717) is 12.4 Å². The summed E-state index contributed by atoms with van der Waals surface area (Å²) in [5.41, 5.74) is 6.56. The van der Waals surface area contributed by atoms with E-state index in [1.54, 1.807) is 6.20 Å². The van der Waals surface area contributed by atoms with E-state index < -0.39 is 0 Å². The fraction of sp³-hybridized carbons (Fsp3) is 0.429. The molecule has 2 rings (SSSR count). The molecule has 6 nitrogen and oxygen atoms in total. The smallest absolute Gasteiger partial charge is 0.191 e. The lowest BCUT2D eigenvalue weighted by Gasteiger charge is -2.04. The van der Waals surface area contributed by atoms with Gasteiger partial charge in [0.15, 0.2) is 5.96 Å². The van der Waals surface area contributed by atoms with Crippen LogP contribution in [-0.4, -0.2) is 29.2 Å². The highest BCUT2D eigenvalue weighted by Crippen LogP contribution is 2.04. The standard InChI is InChI=1S/C7H12N6/c8-6-5(4-12-13-6)3-11-7-9-1-2-10-7/h4H,1-3H2,(H3,8,12,13)(H2,9,10,11). The van der Waals surface area contributed by atoms with E-state index in [4.69, 9.17) is 5.73 Å². The summed E-state index contributed by atoms with van der Waals surface area (Å²) in [7, 11) is 0. The largest absolute Gasteiger partial charge is 0.384 e. The number of guanidine groups is 1. The maximum absolute atomic E-state index is 5.61. The molecule has 13 heavy (non-hydrogen) atoms. The van der Waals surface area contributed by atoms with Crippen LogP contribution in [0.5, 0.6) is 0 Å². The maximum Gasteiger partial charge on any atom is 0.191 e. The molecule has 1 aromatic rings. The molecule has 5 N–H and O–H groups in total. The number of nitrogens with two attached hydrogens (primary N) is 1. The molecule has 0 saturated heterocycles. The number of nitrogen functional groups attached to an aromatic ring is 1. The van der Waals surface area contributed by atoms with Gasteiger partial charge in [-0.15, -0.1) is 0 Å². The highest BCUT2D eigenvalue weighted by molar-refractivity contribution is 5.81. The first-order valence-electron chi connectivity index (χ1n) is 4.16. The molecule has 1 aliphatic rings. The zero-order valence-corrected chi connectivity index (χ0v) is 7.17. The monoisotopic (exact) mass is 180 g/mol.